The first kappa shape index (κ1) is 16.2. The molecule has 110 valence electrons. The number of hydrogen-bond donors (Lipinski definition) is 1. The van der Waals surface area contributed by atoms with Crippen molar-refractivity contribution in [2.45, 2.75) is 32.6 Å². The minimum atomic E-state index is -0.382. The maximum atomic E-state index is 11.6. The van der Waals surface area contributed by atoms with Crippen molar-refractivity contribution in [3.05, 3.63) is 29.8 Å². The van der Waals surface area contributed by atoms with Crippen LogP contribution in [0.3, 0.4) is 0 Å². The Bertz CT molecular complexity index is 424. The molecule has 1 rings (SSSR count). The van der Waals surface area contributed by atoms with Crippen molar-refractivity contribution < 1.29 is 24.2 Å². The van der Waals surface area contributed by atoms with Crippen LogP contribution in [-0.2, 0) is 9.53 Å². The van der Waals surface area contributed by atoms with Crippen LogP contribution in [-0.4, -0.2) is 30.3 Å². The molecule has 0 heterocycles. The number of carbonyl (C=O) groups is 2. The summed E-state index contributed by atoms with van der Waals surface area (Å²) in [5.74, 6) is -0.335. The Morgan fingerprint density at radius 3 is 2.45 bits per heavy atom. The van der Waals surface area contributed by atoms with Gasteiger partial charge in [-0.3, -0.25) is 4.79 Å². The van der Waals surface area contributed by atoms with Gasteiger partial charge >= 0.3 is 11.9 Å². The quantitative estimate of drug-likeness (QED) is 0.449. The van der Waals surface area contributed by atoms with Gasteiger partial charge in [0, 0.05) is 13.0 Å². The van der Waals surface area contributed by atoms with Crippen LogP contribution in [0.25, 0.3) is 0 Å². The molecule has 0 saturated carbocycles. The predicted octanol–water partition coefficient (Wildman–Crippen LogP) is 2.32. The number of rotatable bonds is 8. The van der Waals surface area contributed by atoms with E-state index in [1.807, 2.05) is 6.92 Å². The summed E-state index contributed by atoms with van der Waals surface area (Å²) in [6, 6.07) is 6.25. The molecular formula is C15H20O5. The molecule has 0 bridgehead atoms. The largest absolute Gasteiger partial charge is 0.462 e. The summed E-state index contributed by atoms with van der Waals surface area (Å²) in [5, 5.41) is 8.62. The fraction of sp³-hybridized carbons (Fsp3) is 0.467. The molecule has 5 heteroatoms. The normalized spacial score (nSPS) is 10.1. The first-order valence-corrected chi connectivity index (χ1v) is 6.76. The van der Waals surface area contributed by atoms with Gasteiger partial charge in [0.1, 0.15) is 5.75 Å². The number of ether oxygens (including phenoxy) is 2. The summed E-state index contributed by atoms with van der Waals surface area (Å²) >= 11 is 0. The topological polar surface area (TPSA) is 72.8 Å². The molecule has 0 aliphatic rings. The second kappa shape index (κ2) is 9.09. The highest BCUT2D eigenvalue weighted by atomic mass is 16.5. The maximum absolute atomic E-state index is 11.6. The van der Waals surface area contributed by atoms with Crippen molar-refractivity contribution >= 4 is 11.9 Å². The van der Waals surface area contributed by atoms with Crippen LogP contribution >= 0.6 is 0 Å². The molecule has 0 amide bonds. The van der Waals surface area contributed by atoms with E-state index in [0.717, 1.165) is 6.42 Å². The van der Waals surface area contributed by atoms with Crippen molar-refractivity contribution in [3.8, 4) is 5.75 Å². The minimum absolute atomic E-state index is 0.0713. The summed E-state index contributed by atoms with van der Waals surface area (Å²) < 4.78 is 10.1. The number of aliphatic hydroxyl groups excluding tert-OH is 1. The van der Waals surface area contributed by atoms with Gasteiger partial charge in [-0.15, -0.1) is 0 Å². The van der Waals surface area contributed by atoms with E-state index in [1.54, 1.807) is 24.3 Å². The molecule has 0 fully saturated rings. The summed E-state index contributed by atoms with van der Waals surface area (Å²) in [4.78, 5) is 23.0. The smallest absolute Gasteiger partial charge is 0.338 e. The summed E-state index contributed by atoms with van der Waals surface area (Å²) in [5.41, 5.74) is 0.429. The SMILES string of the molecule is CCCOC(=O)c1ccc(OC(=O)CCCCO)cc1. The lowest BCUT2D eigenvalue weighted by molar-refractivity contribution is -0.134. The third-order valence-corrected chi connectivity index (χ3v) is 2.55. The average molecular weight is 280 g/mol. The highest BCUT2D eigenvalue weighted by Gasteiger charge is 2.08. The standard InChI is InChI=1S/C15H20O5/c1-2-11-19-15(18)12-6-8-13(9-7-12)20-14(17)5-3-4-10-16/h6-9,16H,2-5,10-11H2,1H3. The molecule has 0 atom stereocenters. The van der Waals surface area contributed by atoms with E-state index in [1.165, 1.54) is 0 Å². The number of hydrogen-bond acceptors (Lipinski definition) is 5. The zero-order valence-electron chi connectivity index (χ0n) is 11.6. The Hall–Kier alpha value is -1.88. The van der Waals surface area contributed by atoms with Crippen molar-refractivity contribution in [3.63, 3.8) is 0 Å². The summed E-state index contributed by atoms with van der Waals surface area (Å²) in [6.07, 6.45) is 2.21. The van der Waals surface area contributed by atoms with Crippen molar-refractivity contribution in [2.75, 3.05) is 13.2 Å². The Morgan fingerprint density at radius 1 is 1.15 bits per heavy atom. The minimum Gasteiger partial charge on any atom is -0.462 e. The van der Waals surface area contributed by atoms with Gasteiger partial charge in [-0.1, -0.05) is 6.92 Å². The van der Waals surface area contributed by atoms with Gasteiger partial charge in [0.15, 0.2) is 0 Å². The lowest BCUT2D eigenvalue weighted by Gasteiger charge is -2.06. The van der Waals surface area contributed by atoms with E-state index in [9.17, 15) is 9.59 Å². The van der Waals surface area contributed by atoms with Gasteiger partial charge in [0.25, 0.3) is 0 Å². The second-order valence-corrected chi connectivity index (χ2v) is 4.32. The van der Waals surface area contributed by atoms with Crippen LogP contribution in [0.1, 0.15) is 43.0 Å². The third-order valence-electron chi connectivity index (χ3n) is 2.55. The molecule has 0 unspecified atom stereocenters. The van der Waals surface area contributed by atoms with E-state index >= 15 is 0 Å². The van der Waals surface area contributed by atoms with Gasteiger partial charge in [0.05, 0.1) is 12.2 Å². The molecule has 0 saturated heterocycles. The van der Waals surface area contributed by atoms with Gasteiger partial charge in [-0.2, -0.15) is 0 Å². The first-order valence-electron chi connectivity index (χ1n) is 6.76. The molecule has 1 N–H and O–H groups in total. The molecule has 1 aromatic carbocycles. The monoisotopic (exact) mass is 280 g/mol. The van der Waals surface area contributed by atoms with Gasteiger partial charge < -0.3 is 14.6 Å². The zero-order chi connectivity index (χ0) is 14.8. The van der Waals surface area contributed by atoms with E-state index in [-0.39, 0.29) is 25.0 Å². The molecule has 0 spiro atoms. The maximum Gasteiger partial charge on any atom is 0.338 e. The fourth-order valence-electron chi connectivity index (χ4n) is 1.50. The van der Waals surface area contributed by atoms with Crippen LogP contribution in [0.15, 0.2) is 24.3 Å². The molecule has 5 nitrogen and oxygen atoms in total. The average Bonchev–Trinajstić information content (AvgIpc) is 2.46. The van der Waals surface area contributed by atoms with E-state index in [0.29, 0.717) is 30.8 Å². The third kappa shape index (κ3) is 5.84. The zero-order valence-corrected chi connectivity index (χ0v) is 11.6. The van der Waals surface area contributed by atoms with Crippen molar-refractivity contribution in [2.24, 2.45) is 0 Å². The molecule has 20 heavy (non-hydrogen) atoms. The number of aliphatic hydroxyl groups is 1. The number of esters is 2. The van der Waals surface area contributed by atoms with Crippen LogP contribution in [0.5, 0.6) is 5.75 Å². The van der Waals surface area contributed by atoms with E-state index in [4.69, 9.17) is 14.6 Å². The highest BCUT2D eigenvalue weighted by molar-refractivity contribution is 5.89. The Morgan fingerprint density at radius 2 is 1.85 bits per heavy atom. The highest BCUT2D eigenvalue weighted by Crippen LogP contribution is 2.14. The molecule has 0 radical (unpaired) electrons. The second-order valence-electron chi connectivity index (χ2n) is 4.32. The number of unbranched alkanes of at least 4 members (excludes halogenated alkanes) is 1. The van der Waals surface area contributed by atoms with Crippen LogP contribution in [0, 0.1) is 0 Å². The molecule has 0 aromatic heterocycles. The predicted molar refractivity (Wildman–Crippen MR) is 73.6 cm³/mol. The van der Waals surface area contributed by atoms with Crippen LogP contribution in [0.2, 0.25) is 0 Å². The summed E-state index contributed by atoms with van der Waals surface area (Å²) in [7, 11) is 0. The van der Waals surface area contributed by atoms with Gasteiger partial charge in [-0.05, 0) is 43.5 Å². The molecule has 0 aliphatic carbocycles. The fourth-order valence-corrected chi connectivity index (χ4v) is 1.50. The Balaban J connectivity index is 2.45. The van der Waals surface area contributed by atoms with Crippen LogP contribution in [0.4, 0.5) is 0 Å². The lowest BCUT2D eigenvalue weighted by atomic mass is 10.2. The van der Waals surface area contributed by atoms with E-state index in [2.05, 4.69) is 0 Å². The van der Waals surface area contributed by atoms with Gasteiger partial charge in [0.2, 0.25) is 0 Å². The first-order chi connectivity index (χ1) is 9.67. The van der Waals surface area contributed by atoms with E-state index < -0.39 is 0 Å². The Labute approximate surface area is 118 Å². The van der Waals surface area contributed by atoms with Crippen molar-refractivity contribution in [1.29, 1.82) is 0 Å². The molecular weight excluding hydrogens is 260 g/mol. The lowest BCUT2D eigenvalue weighted by Crippen LogP contribution is -2.09. The van der Waals surface area contributed by atoms with Gasteiger partial charge in [-0.25, -0.2) is 4.79 Å². The molecule has 0 aliphatic heterocycles. The molecule has 1 aromatic rings. The van der Waals surface area contributed by atoms with Crippen LogP contribution < -0.4 is 4.74 Å². The number of carbonyl (C=O) groups excluding carboxylic acids is 2. The van der Waals surface area contributed by atoms with Crippen molar-refractivity contribution in [1.82, 2.24) is 0 Å². The Kier molecular flexibility index (Phi) is 7.35. The number of benzene rings is 1. The summed E-state index contributed by atoms with van der Waals surface area (Å²) in [6.45, 7) is 2.38.